The fourth-order valence-electron chi connectivity index (χ4n) is 4.41. The molecule has 7 nitrogen and oxygen atoms in total. The highest BCUT2D eigenvalue weighted by molar-refractivity contribution is 7.14. The lowest BCUT2D eigenvalue weighted by atomic mass is 9.95. The van der Waals surface area contributed by atoms with Crippen LogP contribution in [-0.4, -0.2) is 28.4 Å². The molecule has 2 heterocycles. The minimum absolute atomic E-state index is 0.0108. The summed E-state index contributed by atoms with van der Waals surface area (Å²) in [6, 6.07) is 21.0. The molecule has 0 bridgehead atoms. The van der Waals surface area contributed by atoms with Gasteiger partial charge < -0.3 is 14.6 Å². The van der Waals surface area contributed by atoms with Crippen molar-refractivity contribution in [2.75, 3.05) is 11.5 Å². The van der Waals surface area contributed by atoms with Crippen molar-refractivity contribution in [3.63, 3.8) is 0 Å². The van der Waals surface area contributed by atoms with Gasteiger partial charge in [0.15, 0.2) is 5.13 Å². The number of hydrogen-bond donors (Lipinski definition) is 1. The maximum Gasteiger partial charge on any atom is 0.301 e. The van der Waals surface area contributed by atoms with Gasteiger partial charge in [-0.2, -0.15) is 0 Å². The Bertz CT molecular complexity index is 1530. The number of anilines is 1. The molecule has 4 aromatic rings. The number of carbonyl (C=O) groups is 2. The van der Waals surface area contributed by atoms with Gasteiger partial charge >= 0.3 is 5.91 Å². The lowest BCUT2D eigenvalue weighted by Gasteiger charge is -2.23. The van der Waals surface area contributed by atoms with Crippen molar-refractivity contribution in [2.24, 2.45) is 0 Å². The summed E-state index contributed by atoms with van der Waals surface area (Å²) in [7, 11) is 0. The highest BCUT2D eigenvalue weighted by Gasteiger charge is 2.48. The fraction of sp³-hybridized carbons (Fsp3) is 0.129. The Labute approximate surface area is 230 Å². The molecule has 1 aliphatic rings. The molecule has 5 rings (SSSR count). The number of aryl methyl sites for hydroxylation is 1. The van der Waals surface area contributed by atoms with Crippen LogP contribution in [0.4, 0.5) is 5.13 Å². The third-order valence-electron chi connectivity index (χ3n) is 6.25. The van der Waals surface area contributed by atoms with Crippen LogP contribution < -0.4 is 14.4 Å². The Morgan fingerprint density at radius 1 is 1.05 bits per heavy atom. The molecule has 1 N–H and O–H groups in total. The van der Waals surface area contributed by atoms with Crippen LogP contribution in [0.1, 0.15) is 28.3 Å². The molecule has 1 unspecified atom stereocenters. The van der Waals surface area contributed by atoms with E-state index in [9.17, 15) is 14.7 Å². The number of Topliss-reactive ketones (excluding diaryl/α,β-unsaturated/α-hetero) is 1. The van der Waals surface area contributed by atoms with Gasteiger partial charge in [0, 0.05) is 17.1 Å². The molecule has 0 saturated carbocycles. The molecule has 1 aromatic heterocycles. The third kappa shape index (κ3) is 5.46. The van der Waals surface area contributed by atoms with Crippen molar-refractivity contribution in [2.45, 2.75) is 19.6 Å². The predicted molar refractivity (Wildman–Crippen MR) is 151 cm³/mol. The van der Waals surface area contributed by atoms with Crippen molar-refractivity contribution in [3.05, 3.63) is 125 Å². The summed E-state index contributed by atoms with van der Waals surface area (Å²) in [5.41, 5.74) is 3.22. The number of ketones is 1. The van der Waals surface area contributed by atoms with Crippen LogP contribution in [-0.2, 0) is 16.2 Å². The topological polar surface area (TPSA) is 89.0 Å². The van der Waals surface area contributed by atoms with Gasteiger partial charge in [0.1, 0.15) is 30.5 Å². The average molecular weight is 539 g/mol. The number of amides is 1. The van der Waals surface area contributed by atoms with E-state index in [1.807, 2.05) is 25.1 Å². The molecule has 1 amide bonds. The molecule has 8 heteroatoms. The van der Waals surface area contributed by atoms with E-state index < -0.39 is 17.7 Å². The van der Waals surface area contributed by atoms with E-state index in [0.717, 1.165) is 11.1 Å². The van der Waals surface area contributed by atoms with E-state index in [2.05, 4.69) is 17.6 Å². The Balaban J connectivity index is 1.47. The van der Waals surface area contributed by atoms with Crippen LogP contribution in [0, 0.1) is 6.92 Å². The van der Waals surface area contributed by atoms with Crippen molar-refractivity contribution in [3.8, 4) is 11.5 Å². The second-order valence-corrected chi connectivity index (χ2v) is 9.83. The molecule has 0 radical (unpaired) electrons. The SMILES string of the molecule is C=CCOc1ccc(C2/C(=C(/O)c3ccc(OCc4cccc(C)c4)cc3)C(=O)C(=O)N2c2nccs2)cc1. The fourth-order valence-corrected chi connectivity index (χ4v) is 5.08. The Morgan fingerprint density at radius 3 is 2.44 bits per heavy atom. The molecule has 0 spiro atoms. The van der Waals surface area contributed by atoms with Crippen molar-refractivity contribution >= 4 is 33.9 Å². The first-order valence-corrected chi connectivity index (χ1v) is 13.2. The summed E-state index contributed by atoms with van der Waals surface area (Å²) < 4.78 is 11.5. The van der Waals surface area contributed by atoms with Crippen LogP contribution in [0.25, 0.3) is 5.76 Å². The first-order chi connectivity index (χ1) is 19.0. The van der Waals surface area contributed by atoms with Crippen molar-refractivity contribution in [1.29, 1.82) is 0 Å². The Hall–Kier alpha value is -4.69. The van der Waals surface area contributed by atoms with Crippen LogP contribution in [0.2, 0.25) is 0 Å². The zero-order valence-electron chi connectivity index (χ0n) is 21.2. The second-order valence-electron chi connectivity index (χ2n) is 8.95. The van der Waals surface area contributed by atoms with Crippen molar-refractivity contribution < 1.29 is 24.2 Å². The lowest BCUT2D eigenvalue weighted by molar-refractivity contribution is -0.132. The molecule has 1 fully saturated rings. The number of ether oxygens (including phenoxy) is 2. The highest BCUT2D eigenvalue weighted by atomic mass is 32.1. The number of hydrogen-bond acceptors (Lipinski definition) is 7. The molecular weight excluding hydrogens is 512 g/mol. The third-order valence-corrected chi connectivity index (χ3v) is 7.02. The summed E-state index contributed by atoms with van der Waals surface area (Å²) in [5.74, 6) is -0.565. The van der Waals surface area contributed by atoms with E-state index in [-0.39, 0.29) is 11.3 Å². The average Bonchev–Trinajstić information content (AvgIpc) is 3.57. The Kier molecular flexibility index (Phi) is 7.56. The van der Waals surface area contributed by atoms with Crippen LogP contribution in [0.3, 0.4) is 0 Å². The van der Waals surface area contributed by atoms with E-state index in [1.54, 1.807) is 66.2 Å². The minimum Gasteiger partial charge on any atom is -0.507 e. The van der Waals surface area contributed by atoms with Gasteiger partial charge in [0.25, 0.3) is 5.78 Å². The number of thiazole rings is 1. The number of benzene rings is 3. The van der Waals surface area contributed by atoms with Crippen LogP contribution >= 0.6 is 11.3 Å². The molecule has 3 aromatic carbocycles. The standard InChI is InChI=1S/C31H26N2O5S/c1-3-16-37-24-11-7-22(8-12-24)27-26(29(35)30(36)33(27)31-32-15-17-39-31)28(34)23-9-13-25(14-10-23)38-19-21-6-4-5-20(2)18-21/h3-15,17-18,27,34H,1,16,19H2,2H3/b28-26-. The van der Waals surface area contributed by atoms with Gasteiger partial charge in [-0.15, -0.1) is 11.3 Å². The van der Waals surface area contributed by atoms with E-state index >= 15 is 0 Å². The molecule has 39 heavy (non-hydrogen) atoms. The number of aliphatic hydroxyl groups excluding tert-OH is 1. The summed E-state index contributed by atoms with van der Waals surface area (Å²) in [6.45, 7) is 6.42. The quantitative estimate of drug-likeness (QED) is 0.118. The zero-order chi connectivity index (χ0) is 27.4. The summed E-state index contributed by atoms with van der Waals surface area (Å²) in [5, 5.41) is 13.4. The first kappa shape index (κ1) is 25.9. The van der Waals surface area contributed by atoms with Gasteiger partial charge in [0.05, 0.1) is 11.6 Å². The first-order valence-electron chi connectivity index (χ1n) is 12.3. The van der Waals surface area contributed by atoms with E-state index in [0.29, 0.717) is 41.0 Å². The maximum atomic E-state index is 13.3. The summed E-state index contributed by atoms with van der Waals surface area (Å²) >= 11 is 1.24. The van der Waals surface area contributed by atoms with E-state index in [4.69, 9.17) is 9.47 Å². The molecule has 1 saturated heterocycles. The molecule has 0 aliphatic carbocycles. The predicted octanol–water partition coefficient (Wildman–Crippen LogP) is 6.22. The van der Waals surface area contributed by atoms with Gasteiger partial charge in [0.2, 0.25) is 0 Å². The highest BCUT2D eigenvalue weighted by Crippen LogP contribution is 2.43. The van der Waals surface area contributed by atoms with E-state index in [1.165, 1.54) is 16.2 Å². The number of aliphatic hydroxyl groups is 1. The Morgan fingerprint density at radius 2 is 1.77 bits per heavy atom. The molecule has 1 aliphatic heterocycles. The van der Waals surface area contributed by atoms with Gasteiger partial charge in [-0.1, -0.05) is 54.6 Å². The summed E-state index contributed by atoms with van der Waals surface area (Å²) in [4.78, 5) is 32.1. The second kappa shape index (κ2) is 11.4. The largest absolute Gasteiger partial charge is 0.507 e. The molecule has 196 valence electrons. The summed E-state index contributed by atoms with van der Waals surface area (Å²) in [6.07, 6.45) is 3.21. The van der Waals surface area contributed by atoms with Gasteiger partial charge in [-0.25, -0.2) is 4.98 Å². The smallest absolute Gasteiger partial charge is 0.301 e. The maximum absolute atomic E-state index is 13.3. The monoisotopic (exact) mass is 538 g/mol. The number of aromatic nitrogens is 1. The lowest BCUT2D eigenvalue weighted by Crippen LogP contribution is -2.29. The van der Waals surface area contributed by atoms with Gasteiger partial charge in [-0.3, -0.25) is 14.5 Å². The zero-order valence-corrected chi connectivity index (χ0v) is 22.1. The van der Waals surface area contributed by atoms with Gasteiger partial charge in [-0.05, 0) is 54.4 Å². The van der Waals surface area contributed by atoms with Crippen LogP contribution in [0.15, 0.2) is 103 Å². The number of carbonyl (C=O) groups excluding carboxylic acids is 2. The minimum atomic E-state index is -0.859. The van der Waals surface area contributed by atoms with Crippen molar-refractivity contribution in [1.82, 2.24) is 4.98 Å². The number of rotatable bonds is 9. The molecule has 1 atom stereocenters. The van der Waals surface area contributed by atoms with Crippen LogP contribution in [0.5, 0.6) is 11.5 Å². The molecular formula is C31H26N2O5S. The normalized spacial score (nSPS) is 16.3. The number of nitrogens with zero attached hydrogens (tertiary/aromatic N) is 2.